The van der Waals surface area contributed by atoms with Crippen molar-refractivity contribution in [3.8, 4) is 11.3 Å². The summed E-state index contributed by atoms with van der Waals surface area (Å²) in [4.78, 5) is 18.4. The fourth-order valence-electron chi connectivity index (χ4n) is 3.29. The number of sulfonamides is 1. The first kappa shape index (κ1) is 19.3. The Labute approximate surface area is 167 Å². The van der Waals surface area contributed by atoms with Crippen molar-refractivity contribution in [2.45, 2.75) is 18.7 Å². The molecule has 1 saturated heterocycles. The number of piperazine rings is 1. The van der Waals surface area contributed by atoms with Gasteiger partial charge in [0.15, 0.2) is 17.2 Å². The highest BCUT2D eigenvalue weighted by Gasteiger charge is 2.34. The highest BCUT2D eigenvalue weighted by atomic mass is 32.2. The molecule has 1 aliphatic rings. The lowest BCUT2D eigenvalue weighted by molar-refractivity contribution is 0.0687. The van der Waals surface area contributed by atoms with Crippen molar-refractivity contribution < 1.29 is 22.3 Å². The molecule has 1 aliphatic heterocycles. The molecule has 0 aliphatic carbocycles. The smallest absolute Gasteiger partial charge is 0.276 e. The second-order valence-electron chi connectivity index (χ2n) is 6.67. The van der Waals surface area contributed by atoms with Gasteiger partial charge in [0, 0.05) is 50.2 Å². The molecule has 29 heavy (non-hydrogen) atoms. The van der Waals surface area contributed by atoms with Crippen LogP contribution in [0.1, 0.15) is 21.9 Å². The number of carbonyl (C=O) groups is 1. The highest BCUT2D eigenvalue weighted by Crippen LogP contribution is 2.25. The molecule has 4 rings (SSSR count). The van der Waals surface area contributed by atoms with Crippen LogP contribution >= 0.6 is 0 Å². The molecule has 4 heterocycles. The maximum absolute atomic E-state index is 12.9. The highest BCUT2D eigenvalue weighted by molar-refractivity contribution is 7.89. The average Bonchev–Trinajstić information content (AvgIpc) is 3.35. The van der Waals surface area contributed by atoms with E-state index in [2.05, 4.69) is 15.3 Å². The van der Waals surface area contributed by atoms with E-state index in [1.807, 2.05) is 0 Å². The molecule has 0 saturated carbocycles. The van der Waals surface area contributed by atoms with Crippen LogP contribution in [-0.2, 0) is 10.0 Å². The maximum Gasteiger partial charge on any atom is 0.276 e. The van der Waals surface area contributed by atoms with Crippen molar-refractivity contribution in [2.75, 3.05) is 26.2 Å². The molecule has 0 spiro atoms. The zero-order valence-electron chi connectivity index (χ0n) is 15.9. The lowest BCUT2D eigenvalue weighted by atomic mass is 10.2. The number of rotatable bonds is 4. The minimum absolute atomic E-state index is 0.0925. The first-order chi connectivity index (χ1) is 13.9. The first-order valence-corrected chi connectivity index (χ1v) is 10.4. The van der Waals surface area contributed by atoms with E-state index >= 15 is 0 Å². The van der Waals surface area contributed by atoms with Crippen molar-refractivity contribution >= 4 is 15.9 Å². The van der Waals surface area contributed by atoms with Crippen LogP contribution < -0.4 is 0 Å². The van der Waals surface area contributed by atoms with Gasteiger partial charge in [-0.2, -0.15) is 4.31 Å². The predicted octanol–water partition coefficient (Wildman–Crippen LogP) is 1.49. The first-order valence-electron chi connectivity index (χ1n) is 8.97. The summed E-state index contributed by atoms with van der Waals surface area (Å²) >= 11 is 0. The summed E-state index contributed by atoms with van der Waals surface area (Å²) < 4.78 is 37.3. The van der Waals surface area contributed by atoms with Crippen molar-refractivity contribution in [3.63, 3.8) is 0 Å². The molecule has 3 aromatic heterocycles. The Balaban J connectivity index is 1.45. The molecular weight excluding hydrogens is 398 g/mol. The third-order valence-electron chi connectivity index (χ3n) is 4.77. The van der Waals surface area contributed by atoms with E-state index in [9.17, 15) is 13.2 Å². The van der Waals surface area contributed by atoms with Gasteiger partial charge < -0.3 is 13.9 Å². The predicted molar refractivity (Wildman–Crippen MR) is 100 cm³/mol. The number of aryl methyl sites for hydroxylation is 2. The van der Waals surface area contributed by atoms with Crippen molar-refractivity contribution in [1.29, 1.82) is 0 Å². The molecule has 0 bridgehead atoms. The van der Waals surface area contributed by atoms with E-state index in [1.165, 1.54) is 4.31 Å². The normalized spacial score (nSPS) is 15.6. The second kappa shape index (κ2) is 7.41. The Kier molecular flexibility index (Phi) is 4.92. The van der Waals surface area contributed by atoms with Crippen LogP contribution in [0.3, 0.4) is 0 Å². The number of hydrogen-bond acceptors (Lipinski definition) is 8. The third kappa shape index (κ3) is 3.54. The van der Waals surface area contributed by atoms with Gasteiger partial charge in [0.2, 0.25) is 10.0 Å². The Morgan fingerprint density at radius 1 is 1.10 bits per heavy atom. The minimum Gasteiger partial charge on any atom is -0.360 e. The third-order valence-corrected chi connectivity index (χ3v) is 6.91. The summed E-state index contributed by atoms with van der Waals surface area (Å²) in [5, 5.41) is 7.57. The number of carbonyl (C=O) groups excluding carboxylic acids is 1. The largest absolute Gasteiger partial charge is 0.360 e. The fraction of sp³-hybridized carbons (Fsp3) is 0.333. The molecule has 1 fully saturated rings. The van der Waals surface area contributed by atoms with Crippen LogP contribution in [-0.4, -0.2) is 65.0 Å². The molecule has 152 valence electrons. The summed E-state index contributed by atoms with van der Waals surface area (Å²) in [7, 11) is -3.73. The standard InChI is InChI=1S/C18H19N5O5S/c1-12-17(13(2)27-20-12)29(25,26)23-8-6-22(7-9-23)18(24)15-10-16(28-21-15)14-4-3-5-19-11-14/h3-5,10-11H,6-9H2,1-2H3. The van der Waals surface area contributed by atoms with Crippen molar-refractivity contribution in [1.82, 2.24) is 24.5 Å². The number of aromatic nitrogens is 3. The van der Waals surface area contributed by atoms with Gasteiger partial charge in [-0.25, -0.2) is 8.42 Å². The van der Waals surface area contributed by atoms with Gasteiger partial charge in [-0.15, -0.1) is 0 Å². The Bertz CT molecular complexity index is 1110. The zero-order valence-corrected chi connectivity index (χ0v) is 16.7. The van der Waals surface area contributed by atoms with Crippen LogP contribution in [0.25, 0.3) is 11.3 Å². The SMILES string of the molecule is Cc1noc(C)c1S(=O)(=O)N1CCN(C(=O)c2cc(-c3cccnc3)on2)CC1. The molecule has 10 nitrogen and oxygen atoms in total. The molecule has 1 amide bonds. The molecule has 0 unspecified atom stereocenters. The molecule has 3 aromatic rings. The Morgan fingerprint density at radius 3 is 2.48 bits per heavy atom. The minimum atomic E-state index is -3.73. The Morgan fingerprint density at radius 2 is 1.86 bits per heavy atom. The number of pyridine rings is 1. The van der Waals surface area contributed by atoms with Crippen LogP contribution in [0.2, 0.25) is 0 Å². The summed E-state index contributed by atoms with van der Waals surface area (Å²) in [6, 6.07) is 5.13. The molecule has 0 N–H and O–H groups in total. The quantitative estimate of drug-likeness (QED) is 0.626. The molecule has 0 atom stereocenters. The summed E-state index contributed by atoms with van der Waals surface area (Å²) in [6.07, 6.45) is 3.26. The van der Waals surface area contributed by atoms with Gasteiger partial charge in [0.05, 0.1) is 0 Å². The van der Waals surface area contributed by atoms with Crippen LogP contribution in [0, 0.1) is 13.8 Å². The number of amides is 1. The molecule has 0 radical (unpaired) electrons. The lowest BCUT2D eigenvalue weighted by Crippen LogP contribution is -2.50. The zero-order chi connectivity index (χ0) is 20.6. The van der Waals surface area contributed by atoms with Crippen molar-refractivity contribution in [3.05, 3.63) is 47.7 Å². The second-order valence-corrected chi connectivity index (χ2v) is 8.54. The molecule has 11 heteroatoms. The van der Waals surface area contributed by atoms with Crippen LogP contribution in [0.15, 0.2) is 44.5 Å². The molecular formula is C18H19N5O5S. The van der Waals surface area contributed by atoms with E-state index in [0.717, 1.165) is 5.56 Å². The van der Waals surface area contributed by atoms with Gasteiger partial charge in [0.1, 0.15) is 10.6 Å². The van der Waals surface area contributed by atoms with Gasteiger partial charge in [0.25, 0.3) is 5.91 Å². The number of nitrogens with zero attached hydrogens (tertiary/aromatic N) is 5. The Hall–Kier alpha value is -3.05. The van der Waals surface area contributed by atoms with E-state index < -0.39 is 10.0 Å². The fourth-order valence-corrected chi connectivity index (χ4v) is 5.00. The van der Waals surface area contributed by atoms with E-state index in [1.54, 1.807) is 49.3 Å². The summed E-state index contributed by atoms with van der Waals surface area (Å²) in [5.41, 5.74) is 1.21. The van der Waals surface area contributed by atoms with Crippen molar-refractivity contribution in [2.24, 2.45) is 0 Å². The maximum atomic E-state index is 12.9. The van der Waals surface area contributed by atoms with Gasteiger partial charge in [-0.3, -0.25) is 9.78 Å². The number of hydrogen-bond donors (Lipinski definition) is 0. The van der Waals surface area contributed by atoms with E-state index in [0.29, 0.717) is 11.5 Å². The molecule has 0 aromatic carbocycles. The average molecular weight is 417 g/mol. The monoisotopic (exact) mass is 417 g/mol. The van der Waals surface area contributed by atoms with Crippen LogP contribution in [0.4, 0.5) is 0 Å². The van der Waals surface area contributed by atoms with Gasteiger partial charge in [-0.1, -0.05) is 10.3 Å². The summed E-state index contributed by atoms with van der Waals surface area (Å²) in [5.74, 6) is 0.394. The van der Waals surface area contributed by atoms with Gasteiger partial charge in [-0.05, 0) is 26.0 Å². The van der Waals surface area contributed by atoms with E-state index in [4.69, 9.17) is 9.05 Å². The topological polar surface area (TPSA) is 123 Å². The van der Waals surface area contributed by atoms with E-state index in [-0.39, 0.29) is 48.4 Å². The summed E-state index contributed by atoms with van der Waals surface area (Å²) in [6.45, 7) is 3.99. The van der Waals surface area contributed by atoms with Gasteiger partial charge >= 0.3 is 0 Å². The lowest BCUT2D eigenvalue weighted by Gasteiger charge is -2.33. The van der Waals surface area contributed by atoms with Crippen LogP contribution in [0.5, 0.6) is 0 Å².